The molecular formula is C17H18Br2. The quantitative estimate of drug-likeness (QED) is 0.583. The van der Waals surface area contributed by atoms with Crippen LogP contribution in [0.2, 0.25) is 0 Å². The van der Waals surface area contributed by atoms with Gasteiger partial charge in [-0.3, -0.25) is 0 Å². The molecule has 0 N–H and O–H groups in total. The summed E-state index contributed by atoms with van der Waals surface area (Å²) in [6.45, 7) is 2.13. The van der Waals surface area contributed by atoms with Gasteiger partial charge in [0.1, 0.15) is 0 Å². The van der Waals surface area contributed by atoms with E-state index in [1.165, 1.54) is 23.1 Å². The highest BCUT2D eigenvalue weighted by Crippen LogP contribution is 2.18. The Morgan fingerprint density at radius 1 is 0.895 bits per heavy atom. The first kappa shape index (κ1) is 14.8. The van der Waals surface area contributed by atoms with Gasteiger partial charge in [-0.25, -0.2) is 0 Å². The van der Waals surface area contributed by atoms with E-state index in [0.29, 0.717) is 4.83 Å². The van der Waals surface area contributed by atoms with E-state index in [1.807, 2.05) is 0 Å². The third-order valence-corrected chi connectivity index (χ3v) is 4.55. The van der Waals surface area contributed by atoms with Gasteiger partial charge < -0.3 is 0 Å². The maximum Gasteiger partial charge on any atom is 0.0189 e. The average Bonchev–Trinajstić information content (AvgIpc) is 2.41. The van der Waals surface area contributed by atoms with E-state index in [9.17, 15) is 0 Å². The van der Waals surface area contributed by atoms with Crippen LogP contribution in [0.5, 0.6) is 0 Å². The van der Waals surface area contributed by atoms with Crippen molar-refractivity contribution < 1.29 is 0 Å². The van der Waals surface area contributed by atoms with Gasteiger partial charge in [0.2, 0.25) is 0 Å². The minimum Gasteiger partial charge on any atom is -0.0887 e. The van der Waals surface area contributed by atoms with Gasteiger partial charge in [-0.15, -0.1) is 0 Å². The second kappa shape index (κ2) is 7.25. The van der Waals surface area contributed by atoms with Crippen molar-refractivity contribution in [1.29, 1.82) is 0 Å². The molecule has 0 aliphatic rings. The van der Waals surface area contributed by atoms with Crippen LogP contribution in [-0.2, 0) is 12.8 Å². The Labute approximate surface area is 132 Å². The molecule has 2 heteroatoms. The average molecular weight is 382 g/mol. The predicted octanol–water partition coefficient (Wildman–Crippen LogP) is 5.70. The summed E-state index contributed by atoms with van der Waals surface area (Å²) in [7, 11) is 0. The summed E-state index contributed by atoms with van der Waals surface area (Å²) in [6.07, 6.45) is 3.38. The lowest BCUT2D eigenvalue weighted by atomic mass is 10.0. The zero-order chi connectivity index (χ0) is 13.7. The number of hydrogen-bond donors (Lipinski definition) is 0. The maximum absolute atomic E-state index is 3.79. The molecule has 2 aromatic carbocycles. The first-order chi connectivity index (χ1) is 9.13. The Hall–Kier alpha value is -0.600. The molecule has 2 aromatic rings. The van der Waals surface area contributed by atoms with E-state index in [-0.39, 0.29) is 0 Å². The lowest BCUT2D eigenvalue weighted by Crippen LogP contribution is -2.04. The monoisotopic (exact) mass is 380 g/mol. The molecule has 0 fully saturated rings. The third-order valence-electron chi connectivity index (χ3n) is 3.24. The van der Waals surface area contributed by atoms with E-state index in [1.54, 1.807) is 0 Å². The molecule has 0 radical (unpaired) electrons. The number of aryl methyl sites for hydroxylation is 2. The fourth-order valence-electron chi connectivity index (χ4n) is 2.06. The highest BCUT2D eigenvalue weighted by Gasteiger charge is 2.06. The van der Waals surface area contributed by atoms with Gasteiger partial charge in [-0.05, 0) is 49.4 Å². The summed E-state index contributed by atoms with van der Waals surface area (Å²) in [4.78, 5) is 0.537. The standard InChI is InChI=1S/C17H18Br2/c1-13-2-4-14(5-3-13)6-11-17(19)12-15-7-9-16(18)10-8-15/h2-5,7-10,17H,6,11-12H2,1H3. The van der Waals surface area contributed by atoms with Crippen molar-refractivity contribution in [3.63, 3.8) is 0 Å². The molecule has 19 heavy (non-hydrogen) atoms. The lowest BCUT2D eigenvalue weighted by molar-refractivity contribution is 0.763. The summed E-state index contributed by atoms with van der Waals surface area (Å²) < 4.78 is 1.14. The third kappa shape index (κ3) is 5.12. The molecule has 0 nitrogen and oxygen atoms in total. The Kier molecular flexibility index (Phi) is 5.65. The number of hydrogen-bond acceptors (Lipinski definition) is 0. The Morgan fingerprint density at radius 2 is 1.47 bits per heavy atom. The van der Waals surface area contributed by atoms with Crippen LogP contribution in [0.3, 0.4) is 0 Å². The van der Waals surface area contributed by atoms with Crippen LogP contribution in [0, 0.1) is 6.92 Å². The zero-order valence-corrected chi connectivity index (χ0v) is 14.2. The molecule has 0 spiro atoms. The van der Waals surface area contributed by atoms with Crippen molar-refractivity contribution >= 4 is 31.9 Å². The number of rotatable bonds is 5. The van der Waals surface area contributed by atoms with Gasteiger partial charge in [0.15, 0.2) is 0 Å². The largest absolute Gasteiger partial charge is 0.0887 e. The Balaban J connectivity index is 1.82. The zero-order valence-electron chi connectivity index (χ0n) is 11.1. The molecular weight excluding hydrogens is 364 g/mol. The normalized spacial score (nSPS) is 12.4. The van der Waals surface area contributed by atoms with Crippen LogP contribution in [0.15, 0.2) is 53.0 Å². The lowest BCUT2D eigenvalue weighted by Gasteiger charge is -2.10. The fourth-order valence-corrected chi connectivity index (χ4v) is 2.92. The Bertz CT molecular complexity index is 500. The summed E-state index contributed by atoms with van der Waals surface area (Å²) >= 11 is 7.26. The fraction of sp³-hybridized carbons (Fsp3) is 0.294. The summed E-state index contributed by atoms with van der Waals surface area (Å²) in [5.74, 6) is 0. The summed E-state index contributed by atoms with van der Waals surface area (Å²) in [5, 5.41) is 0. The SMILES string of the molecule is Cc1ccc(CCC(Br)Cc2ccc(Br)cc2)cc1. The molecule has 0 saturated heterocycles. The van der Waals surface area contributed by atoms with Crippen molar-refractivity contribution in [2.24, 2.45) is 0 Å². The number of benzene rings is 2. The van der Waals surface area contributed by atoms with E-state index in [0.717, 1.165) is 17.3 Å². The molecule has 0 aromatic heterocycles. The summed E-state index contributed by atoms with van der Waals surface area (Å²) in [5.41, 5.74) is 4.13. The van der Waals surface area contributed by atoms with Gasteiger partial charge in [-0.1, -0.05) is 73.8 Å². The molecule has 2 rings (SSSR count). The van der Waals surface area contributed by atoms with Crippen LogP contribution in [0.4, 0.5) is 0 Å². The van der Waals surface area contributed by atoms with Crippen molar-refractivity contribution in [3.8, 4) is 0 Å². The topological polar surface area (TPSA) is 0 Å². The van der Waals surface area contributed by atoms with Crippen LogP contribution in [-0.4, -0.2) is 4.83 Å². The molecule has 1 atom stereocenters. The van der Waals surface area contributed by atoms with Gasteiger partial charge in [0.05, 0.1) is 0 Å². The van der Waals surface area contributed by atoms with Crippen molar-refractivity contribution in [2.75, 3.05) is 0 Å². The molecule has 0 aliphatic carbocycles. The van der Waals surface area contributed by atoms with Crippen molar-refractivity contribution in [1.82, 2.24) is 0 Å². The Morgan fingerprint density at radius 3 is 2.11 bits per heavy atom. The number of alkyl halides is 1. The molecule has 100 valence electrons. The van der Waals surface area contributed by atoms with Crippen molar-refractivity contribution in [2.45, 2.75) is 31.0 Å². The van der Waals surface area contributed by atoms with E-state index in [4.69, 9.17) is 0 Å². The second-order valence-corrected chi connectivity index (χ2v) is 7.16. The molecule has 0 saturated carbocycles. The maximum atomic E-state index is 3.79. The smallest absolute Gasteiger partial charge is 0.0189 e. The van der Waals surface area contributed by atoms with Gasteiger partial charge in [0, 0.05) is 9.30 Å². The second-order valence-electron chi connectivity index (χ2n) is 4.95. The predicted molar refractivity (Wildman–Crippen MR) is 90.1 cm³/mol. The van der Waals surface area contributed by atoms with Crippen molar-refractivity contribution in [3.05, 3.63) is 69.7 Å². The van der Waals surface area contributed by atoms with Crippen LogP contribution in [0.1, 0.15) is 23.1 Å². The summed E-state index contributed by atoms with van der Waals surface area (Å²) in [6, 6.07) is 17.4. The minimum atomic E-state index is 0.537. The van der Waals surface area contributed by atoms with E-state index < -0.39 is 0 Å². The van der Waals surface area contributed by atoms with Gasteiger partial charge >= 0.3 is 0 Å². The minimum absolute atomic E-state index is 0.537. The molecule has 0 heterocycles. The van der Waals surface area contributed by atoms with Crippen LogP contribution >= 0.6 is 31.9 Å². The first-order valence-corrected chi connectivity index (χ1v) is 8.28. The molecule has 1 unspecified atom stereocenters. The highest BCUT2D eigenvalue weighted by molar-refractivity contribution is 9.10. The van der Waals surface area contributed by atoms with Gasteiger partial charge in [-0.2, -0.15) is 0 Å². The molecule has 0 bridgehead atoms. The van der Waals surface area contributed by atoms with Crippen LogP contribution in [0.25, 0.3) is 0 Å². The van der Waals surface area contributed by atoms with E-state index in [2.05, 4.69) is 87.3 Å². The first-order valence-electron chi connectivity index (χ1n) is 6.57. The molecule has 0 aliphatic heterocycles. The number of halogens is 2. The van der Waals surface area contributed by atoms with Gasteiger partial charge in [0.25, 0.3) is 0 Å². The molecule has 0 amide bonds. The van der Waals surface area contributed by atoms with E-state index >= 15 is 0 Å². The van der Waals surface area contributed by atoms with Crippen LogP contribution < -0.4 is 0 Å². The highest BCUT2D eigenvalue weighted by atomic mass is 79.9.